The second kappa shape index (κ2) is 10.3. The SMILES string of the molecule is C[C@@]12C(=O)N(c3ccc(F)c(Cl)c3)C(=O)[C@@H]1C[C@@H]1C(=CC[C@@H]3C(=O)N(CCCC(=O)O)C(=O)[C@@H]31)[C@@H]2c1ccc(O)c(F)c1. The minimum Gasteiger partial charge on any atom is -0.505 e. The Morgan fingerprint density at radius 1 is 1.02 bits per heavy atom. The van der Waals surface area contributed by atoms with E-state index < -0.39 is 82.0 Å². The van der Waals surface area contributed by atoms with Gasteiger partial charge in [0.05, 0.1) is 33.9 Å². The molecule has 2 heterocycles. The van der Waals surface area contributed by atoms with E-state index in [2.05, 4.69) is 0 Å². The van der Waals surface area contributed by atoms with Crippen molar-refractivity contribution in [1.82, 2.24) is 4.90 Å². The van der Waals surface area contributed by atoms with Crippen LogP contribution in [0.5, 0.6) is 5.75 Å². The third-order valence-corrected chi connectivity index (χ3v) is 9.89. The molecule has 6 rings (SSSR count). The molecule has 1 saturated carbocycles. The highest BCUT2D eigenvalue weighted by Gasteiger charge is 2.67. The number of phenolic OH excluding ortho intramolecular Hbond substituents is 1. The zero-order valence-corrected chi connectivity index (χ0v) is 23.7. The number of likely N-dealkylation sites (tertiary alicyclic amines) is 1. The Morgan fingerprint density at radius 3 is 2.44 bits per heavy atom. The second-order valence-corrected chi connectivity index (χ2v) is 12.2. The number of hydrogen-bond acceptors (Lipinski definition) is 6. The van der Waals surface area contributed by atoms with E-state index in [1.165, 1.54) is 18.2 Å². The van der Waals surface area contributed by atoms with Crippen LogP contribution < -0.4 is 4.90 Å². The smallest absolute Gasteiger partial charge is 0.303 e. The standard InChI is InChI=1S/C31H27ClF2N2O7/c1-31-19(28(41)36(30(31)43)15-5-8-21(33)20(32)12-15)13-18-16(26(31)14-4-9-23(37)22(34)11-14)6-7-17-25(18)29(42)35(27(17)40)10-2-3-24(38)39/h4-6,8-9,11-12,17-19,25-26,37H,2-3,7,10,13H2,1H3,(H,38,39)/t17-,18+,19-,25-,26-,31+/m0/s1. The number of allylic oxidation sites excluding steroid dienone is 2. The molecule has 6 atom stereocenters. The van der Waals surface area contributed by atoms with Crippen molar-refractivity contribution in [2.45, 2.75) is 38.5 Å². The first-order chi connectivity index (χ1) is 20.4. The maximum Gasteiger partial charge on any atom is 0.303 e. The highest BCUT2D eigenvalue weighted by atomic mass is 35.5. The number of carbonyl (C=O) groups is 5. The quantitative estimate of drug-likeness (QED) is 0.365. The predicted octanol–water partition coefficient (Wildman–Crippen LogP) is 4.42. The van der Waals surface area contributed by atoms with Crippen LogP contribution in [0.3, 0.4) is 0 Å². The van der Waals surface area contributed by atoms with Crippen molar-refractivity contribution >= 4 is 46.9 Å². The Hall–Kier alpha value is -4.12. The minimum absolute atomic E-state index is 0.0523. The van der Waals surface area contributed by atoms with E-state index in [1.54, 1.807) is 13.0 Å². The number of anilines is 1. The van der Waals surface area contributed by atoms with Gasteiger partial charge in [-0.3, -0.25) is 28.9 Å². The molecule has 0 aromatic heterocycles. The summed E-state index contributed by atoms with van der Waals surface area (Å²) in [5.41, 5.74) is -0.450. The van der Waals surface area contributed by atoms with Gasteiger partial charge in [-0.1, -0.05) is 29.3 Å². The van der Waals surface area contributed by atoms with Crippen molar-refractivity contribution in [2.24, 2.45) is 29.1 Å². The molecule has 2 N–H and O–H groups in total. The van der Waals surface area contributed by atoms with Crippen molar-refractivity contribution in [3.8, 4) is 5.75 Å². The Kier molecular flexibility index (Phi) is 6.91. The molecule has 12 heteroatoms. The number of amides is 4. The summed E-state index contributed by atoms with van der Waals surface area (Å²) in [6, 6.07) is 7.22. The van der Waals surface area contributed by atoms with E-state index in [1.807, 2.05) is 0 Å². The number of halogens is 3. The number of rotatable bonds is 6. The molecule has 43 heavy (non-hydrogen) atoms. The molecular weight excluding hydrogens is 586 g/mol. The fourth-order valence-corrected chi connectivity index (χ4v) is 7.82. The summed E-state index contributed by atoms with van der Waals surface area (Å²) >= 11 is 5.98. The summed E-state index contributed by atoms with van der Waals surface area (Å²) in [5, 5.41) is 18.6. The molecule has 4 amide bonds. The number of aliphatic carboxylic acids is 1. The summed E-state index contributed by atoms with van der Waals surface area (Å²) in [6.45, 7) is 1.56. The number of phenols is 1. The summed E-state index contributed by atoms with van der Waals surface area (Å²) in [4.78, 5) is 68.4. The van der Waals surface area contributed by atoms with Crippen molar-refractivity contribution in [3.05, 3.63) is 70.3 Å². The van der Waals surface area contributed by atoms with Gasteiger partial charge >= 0.3 is 5.97 Å². The molecular formula is C31H27ClF2N2O7. The van der Waals surface area contributed by atoms with Gasteiger partial charge in [0.25, 0.3) is 0 Å². The molecule has 2 aliphatic carbocycles. The van der Waals surface area contributed by atoms with Crippen LogP contribution in [-0.2, 0) is 24.0 Å². The molecule has 2 aliphatic heterocycles. The molecule has 0 radical (unpaired) electrons. The topological polar surface area (TPSA) is 132 Å². The number of imide groups is 2. The number of carbonyl (C=O) groups excluding carboxylic acids is 4. The van der Waals surface area contributed by atoms with Crippen LogP contribution in [-0.4, -0.2) is 51.3 Å². The van der Waals surface area contributed by atoms with Gasteiger partial charge in [0.2, 0.25) is 23.6 Å². The predicted molar refractivity (Wildman–Crippen MR) is 148 cm³/mol. The van der Waals surface area contributed by atoms with Crippen molar-refractivity contribution in [2.75, 3.05) is 11.4 Å². The average molecular weight is 613 g/mol. The lowest BCUT2D eigenvalue weighted by molar-refractivity contribution is -0.142. The summed E-state index contributed by atoms with van der Waals surface area (Å²) in [7, 11) is 0. The molecule has 4 aliphatic rings. The lowest BCUT2D eigenvalue weighted by atomic mass is 9.51. The Labute approximate surface area is 249 Å². The van der Waals surface area contributed by atoms with E-state index in [0.29, 0.717) is 11.1 Å². The number of aromatic hydroxyl groups is 1. The molecule has 0 unspecified atom stereocenters. The van der Waals surface area contributed by atoms with Crippen LogP contribution >= 0.6 is 11.6 Å². The number of carboxylic acids is 1. The van der Waals surface area contributed by atoms with Gasteiger partial charge in [0.1, 0.15) is 5.82 Å². The van der Waals surface area contributed by atoms with Gasteiger partial charge in [-0.25, -0.2) is 13.7 Å². The highest BCUT2D eigenvalue weighted by Crippen LogP contribution is 2.63. The van der Waals surface area contributed by atoms with Crippen LogP contribution in [0.4, 0.5) is 14.5 Å². The van der Waals surface area contributed by atoms with Crippen LogP contribution in [0.15, 0.2) is 48.0 Å². The minimum atomic E-state index is -1.45. The lowest BCUT2D eigenvalue weighted by Gasteiger charge is -2.49. The Morgan fingerprint density at radius 2 is 1.77 bits per heavy atom. The van der Waals surface area contributed by atoms with Crippen LogP contribution in [0.1, 0.15) is 44.1 Å². The van der Waals surface area contributed by atoms with E-state index in [-0.39, 0.29) is 42.9 Å². The first kappa shape index (κ1) is 29.0. The molecule has 2 aromatic rings. The van der Waals surface area contributed by atoms with Crippen LogP contribution in [0.2, 0.25) is 5.02 Å². The molecule has 0 bridgehead atoms. The number of fused-ring (bicyclic) bond motifs is 4. The van der Waals surface area contributed by atoms with Gasteiger partial charge in [0.15, 0.2) is 11.6 Å². The van der Waals surface area contributed by atoms with Crippen LogP contribution in [0, 0.1) is 40.7 Å². The van der Waals surface area contributed by atoms with Crippen molar-refractivity contribution in [1.29, 1.82) is 0 Å². The first-order valence-corrected chi connectivity index (χ1v) is 14.3. The lowest BCUT2D eigenvalue weighted by Crippen LogP contribution is -2.48. The number of benzene rings is 2. The van der Waals surface area contributed by atoms with Crippen molar-refractivity contribution in [3.63, 3.8) is 0 Å². The van der Waals surface area contributed by atoms with Crippen molar-refractivity contribution < 1.29 is 43.0 Å². The zero-order chi connectivity index (χ0) is 31.0. The fraction of sp³-hybridized carbons (Fsp3) is 0.387. The van der Waals surface area contributed by atoms with E-state index in [9.17, 15) is 37.9 Å². The molecule has 9 nitrogen and oxygen atoms in total. The maximum atomic E-state index is 14.8. The van der Waals surface area contributed by atoms with E-state index >= 15 is 0 Å². The summed E-state index contributed by atoms with van der Waals surface area (Å²) in [5.74, 6) is -9.46. The number of hydrogen-bond donors (Lipinski definition) is 2. The van der Waals surface area contributed by atoms with E-state index in [4.69, 9.17) is 16.7 Å². The molecule has 2 saturated heterocycles. The fourth-order valence-electron chi connectivity index (χ4n) is 7.64. The summed E-state index contributed by atoms with van der Waals surface area (Å²) < 4.78 is 28.7. The molecule has 2 aromatic carbocycles. The second-order valence-electron chi connectivity index (χ2n) is 11.8. The third kappa shape index (κ3) is 4.27. The molecule has 3 fully saturated rings. The number of carboxylic acid groups (broad SMARTS) is 1. The molecule has 224 valence electrons. The highest BCUT2D eigenvalue weighted by molar-refractivity contribution is 6.31. The maximum absolute atomic E-state index is 14.8. The Bertz CT molecular complexity index is 1640. The molecule has 0 spiro atoms. The number of nitrogens with zero attached hydrogens (tertiary/aromatic N) is 2. The van der Waals surface area contributed by atoms with Crippen LogP contribution in [0.25, 0.3) is 0 Å². The van der Waals surface area contributed by atoms with Gasteiger partial charge < -0.3 is 10.2 Å². The zero-order valence-electron chi connectivity index (χ0n) is 22.9. The van der Waals surface area contributed by atoms with Gasteiger partial charge in [-0.2, -0.15) is 0 Å². The van der Waals surface area contributed by atoms with Gasteiger partial charge in [0, 0.05) is 18.9 Å². The third-order valence-electron chi connectivity index (χ3n) is 9.60. The largest absolute Gasteiger partial charge is 0.505 e. The monoisotopic (exact) mass is 612 g/mol. The summed E-state index contributed by atoms with van der Waals surface area (Å²) in [6.07, 6.45) is 1.90. The Balaban J connectivity index is 1.45. The first-order valence-electron chi connectivity index (χ1n) is 13.9. The van der Waals surface area contributed by atoms with E-state index in [0.717, 1.165) is 28.0 Å². The normalized spacial score (nSPS) is 29.9. The average Bonchev–Trinajstić information content (AvgIpc) is 3.31. The van der Waals surface area contributed by atoms with Gasteiger partial charge in [-0.15, -0.1) is 0 Å². The van der Waals surface area contributed by atoms with Gasteiger partial charge in [-0.05, 0) is 68.0 Å².